The van der Waals surface area contributed by atoms with Gasteiger partial charge in [-0.2, -0.15) is 0 Å². The maximum atomic E-state index is 11.3. The first-order chi connectivity index (χ1) is 7.23. The molecule has 92 valence electrons. The summed E-state index contributed by atoms with van der Waals surface area (Å²) in [7, 11) is -1.19. The third-order valence-corrected chi connectivity index (χ3v) is 5.17. The van der Waals surface area contributed by atoms with E-state index in [2.05, 4.69) is 31.9 Å². The molecule has 4 heteroatoms. The van der Waals surface area contributed by atoms with Gasteiger partial charge in [0.25, 0.3) is 0 Å². The molecule has 0 fully saturated rings. The molecule has 1 rings (SSSR count). The second-order valence-electron chi connectivity index (χ2n) is 5.80. The lowest BCUT2D eigenvalue weighted by molar-refractivity contribution is 0.140. The summed E-state index contributed by atoms with van der Waals surface area (Å²) in [6, 6.07) is 0.136. The number of hydrogen-bond donors (Lipinski definition) is 1. The summed E-state index contributed by atoms with van der Waals surface area (Å²) in [5.41, 5.74) is 1.44. The van der Waals surface area contributed by atoms with Crippen LogP contribution in [0.5, 0.6) is 0 Å². The lowest BCUT2D eigenvalue weighted by Gasteiger charge is -2.14. The summed E-state index contributed by atoms with van der Waals surface area (Å²) in [6.45, 7) is 13.5. The predicted molar refractivity (Wildman–Crippen MR) is 69.2 cm³/mol. The normalized spacial score (nSPS) is 20.1. The number of amides is 1. The van der Waals surface area contributed by atoms with E-state index in [0.717, 1.165) is 0 Å². The number of carbonyl (C=O) groups excluding carboxylic acids is 1. The maximum absolute atomic E-state index is 11.3. The summed E-state index contributed by atoms with van der Waals surface area (Å²) in [4.78, 5) is 11.3. The largest absolute Gasteiger partial charge is 0.449 e. The SMILES string of the molecule is CC1=C([Si](C)(C)C)[C@@H]1COC(=O)NC(C)C. The Balaban J connectivity index is 2.31. The van der Waals surface area contributed by atoms with Crippen molar-refractivity contribution in [1.82, 2.24) is 5.32 Å². The fourth-order valence-corrected chi connectivity index (χ4v) is 4.78. The lowest BCUT2D eigenvalue weighted by atomic mass is 10.3. The Kier molecular flexibility index (Phi) is 3.83. The first-order valence-corrected chi connectivity index (χ1v) is 9.38. The van der Waals surface area contributed by atoms with Crippen molar-refractivity contribution in [1.29, 1.82) is 0 Å². The van der Waals surface area contributed by atoms with E-state index in [4.69, 9.17) is 4.74 Å². The molecule has 16 heavy (non-hydrogen) atoms. The summed E-state index contributed by atoms with van der Waals surface area (Å²) >= 11 is 0. The first kappa shape index (κ1) is 13.3. The van der Waals surface area contributed by atoms with Gasteiger partial charge in [0.05, 0.1) is 8.07 Å². The average Bonchev–Trinajstić information content (AvgIpc) is 2.71. The average molecular weight is 241 g/mol. The van der Waals surface area contributed by atoms with Crippen LogP contribution in [-0.4, -0.2) is 26.8 Å². The smallest absolute Gasteiger partial charge is 0.407 e. The Hall–Kier alpha value is -0.773. The van der Waals surface area contributed by atoms with Crippen LogP contribution in [0.4, 0.5) is 4.79 Å². The van der Waals surface area contributed by atoms with E-state index in [1.165, 1.54) is 5.57 Å². The molecule has 1 aliphatic carbocycles. The molecule has 1 atom stereocenters. The summed E-state index contributed by atoms with van der Waals surface area (Å²) < 4.78 is 5.20. The number of ether oxygens (including phenoxy) is 1. The van der Waals surface area contributed by atoms with Crippen molar-refractivity contribution in [2.24, 2.45) is 5.92 Å². The molecule has 0 aliphatic heterocycles. The monoisotopic (exact) mass is 241 g/mol. The van der Waals surface area contributed by atoms with Gasteiger partial charge in [0.15, 0.2) is 0 Å². The van der Waals surface area contributed by atoms with Crippen LogP contribution in [0.25, 0.3) is 0 Å². The van der Waals surface area contributed by atoms with Gasteiger partial charge in [0.1, 0.15) is 6.61 Å². The fraction of sp³-hybridized carbons (Fsp3) is 0.750. The van der Waals surface area contributed by atoms with Crippen LogP contribution in [0.2, 0.25) is 19.6 Å². The molecule has 0 aromatic rings. The zero-order chi connectivity index (χ0) is 12.5. The second-order valence-corrected chi connectivity index (χ2v) is 10.8. The number of nitrogens with one attached hydrogen (secondary N) is 1. The second kappa shape index (κ2) is 4.61. The van der Waals surface area contributed by atoms with Gasteiger partial charge in [-0.1, -0.05) is 30.4 Å². The molecule has 0 spiro atoms. The van der Waals surface area contributed by atoms with E-state index in [0.29, 0.717) is 12.5 Å². The molecular formula is C12H23NO2Si. The van der Waals surface area contributed by atoms with Crippen LogP contribution < -0.4 is 5.32 Å². The number of alkyl carbamates (subject to hydrolysis) is 1. The van der Waals surface area contributed by atoms with Gasteiger partial charge in [-0.15, -0.1) is 0 Å². The quantitative estimate of drug-likeness (QED) is 0.769. The Labute approximate surface area is 99.3 Å². The molecule has 0 unspecified atom stereocenters. The minimum atomic E-state index is -1.19. The standard InChI is InChI=1S/C12H23NO2Si/c1-8(2)13-12(14)15-7-10-9(3)11(10)16(4,5)6/h8,10H,7H2,1-6H3,(H,13,14)/t10-/m1/s1. The summed E-state index contributed by atoms with van der Waals surface area (Å²) in [5, 5.41) is 4.30. The summed E-state index contributed by atoms with van der Waals surface area (Å²) in [5.74, 6) is 0.435. The van der Waals surface area contributed by atoms with Gasteiger partial charge in [0, 0.05) is 12.0 Å². The van der Waals surface area contributed by atoms with E-state index in [9.17, 15) is 4.79 Å². The minimum Gasteiger partial charge on any atom is -0.449 e. The van der Waals surface area contributed by atoms with Crippen LogP contribution in [-0.2, 0) is 4.74 Å². The van der Waals surface area contributed by atoms with Crippen molar-refractivity contribution in [3.63, 3.8) is 0 Å². The molecule has 0 saturated carbocycles. The van der Waals surface area contributed by atoms with Gasteiger partial charge in [-0.3, -0.25) is 0 Å². The van der Waals surface area contributed by atoms with E-state index in [1.54, 1.807) is 5.20 Å². The Bertz CT molecular complexity index is 315. The Morgan fingerprint density at radius 1 is 1.44 bits per heavy atom. The molecule has 3 nitrogen and oxygen atoms in total. The first-order valence-electron chi connectivity index (χ1n) is 5.88. The topological polar surface area (TPSA) is 38.3 Å². The highest BCUT2D eigenvalue weighted by atomic mass is 28.3. The van der Waals surface area contributed by atoms with Crippen molar-refractivity contribution < 1.29 is 9.53 Å². The molecule has 0 heterocycles. The molecular weight excluding hydrogens is 218 g/mol. The molecule has 0 aromatic carbocycles. The molecule has 0 saturated heterocycles. The van der Waals surface area contributed by atoms with Crippen LogP contribution >= 0.6 is 0 Å². The van der Waals surface area contributed by atoms with Gasteiger partial charge >= 0.3 is 6.09 Å². The minimum absolute atomic E-state index is 0.136. The van der Waals surface area contributed by atoms with E-state index in [-0.39, 0.29) is 12.1 Å². The van der Waals surface area contributed by atoms with Gasteiger partial charge in [0.2, 0.25) is 0 Å². The molecule has 1 amide bonds. The number of rotatable bonds is 4. The van der Waals surface area contributed by atoms with Gasteiger partial charge < -0.3 is 10.1 Å². The van der Waals surface area contributed by atoms with Crippen LogP contribution in [0.3, 0.4) is 0 Å². The molecule has 0 bridgehead atoms. The van der Waals surface area contributed by atoms with E-state index in [1.807, 2.05) is 13.8 Å². The predicted octanol–water partition coefficient (Wildman–Crippen LogP) is 2.94. The highest BCUT2D eigenvalue weighted by Crippen LogP contribution is 2.44. The number of carbonyl (C=O) groups is 1. The van der Waals surface area contributed by atoms with Crippen molar-refractivity contribution in [3.8, 4) is 0 Å². The van der Waals surface area contributed by atoms with Crippen LogP contribution in [0, 0.1) is 5.92 Å². The van der Waals surface area contributed by atoms with E-state index < -0.39 is 8.07 Å². The zero-order valence-electron chi connectivity index (χ0n) is 11.2. The van der Waals surface area contributed by atoms with Crippen molar-refractivity contribution in [3.05, 3.63) is 10.8 Å². The molecule has 0 radical (unpaired) electrons. The van der Waals surface area contributed by atoms with Crippen LogP contribution in [0.15, 0.2) is 10.8 Å². The Morgan fingerprint density at radius 3 is 2.38 bits per heavy atom. The third kappa shape index (κ3) is 3.37. The summed E-state index contributed by atoms with van der Waals surface area (Å²) in [6.07, 6.45) is -0.301. The Morgan fingerprint density at radius 2 is 2.00 bits per heavy atom. The van der Waals surface area contributed by atoms with Gasteiger partial charge in [-0.25, -0.2) is 4.79 Å². The van der Waals surface area contributed by atoms with Gasteiger partial charge in [-0.05, 0) is 20.8 Å². The highest BCUT2D eigenvalue weighted by Gasteiger charge is 2.41. The maximum Gasteiger partial charge on any atom is 0.407 e. The third-order valence-electron chi connectivity index (χ3n) is 2.81. The zero-order valence-corrected chi connectivity index (χ0v) is 12.2. The van der Waals surface area contributed by atoms with Crippen molar-refractivity contribution >= 4 is 14.2 Å². The molecule has 1 aliphatic rings. The molecule has 0 aromatic heterocycles. The molecule has 1 N–H and O–H groups in total. The van der Waals surface area contributed by atoms with Crippen molar-refractivity contribution in [2.45, 2.75) is 46.5 Å². The van der Waals surface area contributed by atoms with E-state index >= 15 is 0 Å². The van der Waals surface area contributed by atoms with Crippen molar-refractivity contribution in [2.75, 3.05) is 6.61 Å². The lowest BCUT2D eigenvalue weighted by Crippen LogP contribution is -2.31. The highest BCUT2D eigenvalue weighted by molar-refractivity contribution is 6.84. The fourth-order valence-electron chi connectivity index (χ4n) is 2.15. The van der Waals surface area contributed by atoms with Crippen LogP contribution in [0.1, 0.15) is 20.8 Å². The number of hydrogen-bond acceptors (Lipinski definition) is 2.